The summed E-state index contributed by atoms with van der Waals surface area (Å²) in [6.45, 7) is -1.35. The van der Waals surface area contributed by atoms with Crippen molar-refractivity contribution in [2.24, 2.45) is 0 Å². The maximum atomic E-state index is 9.94. The largest absolute Gasteiger partial charge is 0.394 e. The summed E-state index contributed by atoms with van der Waals surface area (Å²) in [5.74, 6) is 0. The van der Waals surface area contributed by atoms with E-state index < -0.39 is 74.6 Å². The molecule has 0 aromatic carbocycles. The van der Waals surface area contributed by atoms with E-state index in [9.17, 15) is 35.7 Å². The van der Waals surface area contributed by atoms with Gasteiger partial charge in [-0.3, -0.25) is 0 Å². The lowest BCUT2D eigenvalue weighted by Crippen LogP contribution is -2.64. The van der Waals surface area contributed by atoms with Crippen molar-refractivity contribution in [1.82, 2.24) is 0 Å². The zero-order chi connectivity index (χ0) is 17.3. The third kappa shape index (κ3) is 3.65. The highest BCUT2D eigenvalue weighted by Crippen LogP contribution is 2.28. The number of aliphatic hydroxyl groups is 8. The molecular formula is C12H22O11. The molecule has 2 saturated heterocycles. The highest BCUT2D eigenvalue weighted by molar-refractivity contribution is 4.93. The van der Waals surface area contributed by atoms with Crippen molar-refractivity contribution in [3.63, 3.8) is 0 Å². The molecule has 0 aliphatic carbocycles. The minimum Gasteiger partial charge on any atom is -0.394 e. The van der Waals surface area contributed by atoms with Gasteiger partial charge in [-0.15, -0.1) is 0 Å². The average molecular weight is 342 g/mol. The van der Waals surface area contributed by atoms with Crippen LogP contribution in [0.25, 0.3) is 0 Å². The van der Waals surface area contributed by atoms with Crippen molar-refractivity contribution in [1.29, 1.82) is 0 Å². The Balaban J connectivity index is 2.11. The van der Waals surface area contributed by atoms with E-state index in [1.54, 1.807) is 0 Å². The molecule has 4 unspecified atom stereocenters. The van der Waals surface area contributed by atoms with Gasteiger partial charge in [-0.05, 0) is 0 Å². The van der Waals surface area contributed by atoms with Gasteiger partial charge in [-0.25, -0.2) is 0 Å². The van der Waals surface area contributed by atoms with Gasteiger partial charge in [-0.1, -0.05) is 0 Å². The van der Waals surface area contributed by atoms with Gasteiger partial charge in [-0.2, -0.15) is 0 Å². The van der Waals surface area contributed by atoms with Crippen molar-refractivity contribution in [2.45, 2.75) is 61.4 Å². The molecule has 0 aromatic heterocycles. The predicted molar refractivity (Wildman–Crippen MR) is 68.6 cm³/mol. The zero-order valence-electron chi connectivity index (χ0n) is 12.0. The number of hydrogen-bond acceptors (Lipinski definition) is 11. The van der Waals surface area contributed by atoms with Crippen molar-refractivity contribution in [2.75, 3.05) is 13.2 Å². The van der Waals surface area contributed by atoms with E-state index in [4.69, 9.17) is 19.3 Å². The summed E-state index contributed by atoms with van der Waals surface area (Å²) in [5.41, 5.74) is 0. The Morgan fingerprint density at radius 2 is 1.26 bits per heavy atom. The molecule has 0 aromatic rings. The summed E-state index contributed by atoms with van der Waals surface area (Å²) >= 11 is 0. The van der Waals surface area contributed by atoms with Crippen LogP contribution in [0.15, 0.2) is 0 Å². The third-order valence-electron chi connectivity index (χ3n) is 3.98. The van der Waals surface area contributed by atoms with E-state index in [-0.39, 0.29) is 0 Å². The number of hydrogen-bond donors (Lipinski definition) is 8. The summed E-state index contributed by atoms with van der Waals surface area (Å²) in [6, 6.07) is 0. The molecule has 11 nitrogen and oxygen atoms in total. The molecule has 11 heteroatoms. The van der Waals surface area contributed by atoms with Crippen molar-refractivity contribution >= 4 is 0 Å². The molecule has 2 fully saturated rings. The van der Waals surface area contributed by atoms with Crippen LogP contribution < -0.4 is 0 Å². The molecule has 23 heavy (non-hydrogen) atoms. The Morgan fingerprint density at radius 1 is 0.652 bits per heavy atom. The zero-order valence-corrected chi connectivity index (χ0v) is 12.0. The SMILES string of the molecule is OCC1O[C@H](O[C@@H]2C(CO)O[C@@H](O)[C@@H](O)C2O)[C@@H](O)C(O)[C@@H]1O. The van der Waals surface area contributed by atoms with Crippen LogP contribution in [0.1, 0.15) is 0 Å². The molecule has 2 heterocycles. The summed E-state index contributed by atoms with van der Waals surface area (Å²) < 4.78 is 15.3. The second-order valence-electron chi connectivity index (χ2n) is 5.53. The van der Waals surface area contributed by atoms with Gasteiger partial charge in [0.15, 0.2) is 12.6 Å². The molecule has 2 rings (SSSR count). The van der Waals surface area contributed by atoms with Gasteiger partial charge in [0.1, 0.15) is 48.8 Å². The summed E-state index contributed by atoms with van der Waals surface area (Å²) in [5, 5.41) is 76.5. The fraction of sp³-hybridized carbons (Fsp3) is 1.00. The predicted octanol–water partition coefficient (Wildman–Crippen LogP) is -5.40. The molecule has 2 aliphatic heterocycles. The van der Waals surface area contributed by atoms with Crippen LogP contribution in [0.5, 0.6) is 0 Å². The van der Waals surface area contributed by atoms with Crippen LogP contribution >= 0.6 is 0 Å². The first-order valence-corrected chi connectivity index (χ1v) is 7.08. The van der Waals surface area contributed by atoms with Gasteiger partial charge in [0.25, 0.3) is 0 Å². The van der Waals surface area contributed by atoms with E-state index >= 15 is 0 Å². The first-order chi connectivity index (χ1) is 10.8. The lowest BCUT2D eigenvalue weighted by Gasteiger charge is -2.45. The number of ether oxygens (including phenoxy) is 3. The van der Waals surface area contributed by atoms with Crippen LogP contribution in [0.2, 0.25) is 0 Å². The maximum Gasteiger partial charge on any atom is 0.187 e. The summed E-state index contributed by atoms with van der Waals surface area (Å²) in [6.07, 6.45) is -15.6. The van der Waals surface area contributed by atoms with Crippen LogP contribution in [0.4, 0.5) is 0 Å². The third-order valence-corrected chi connectivity index (χ3v) is 3.98. The molecule has 10 atom stereocenters. The monoisotopic (exact) mass is 342 g/mol. The Hall–Kier alpha value is -0.440. The maximum absolute atomic E-state index is 9.94. The topological polar surface area (TPSA) is 190 Å². The second-order valence-corrected chi connectivity index (χ2v) is 5.53. The van der Waals surface area contributed by atoms with Crippen molar-refractivity contribution in [3.8, 4) is 0 Å². The molecule has 0 saturated carbocycles. The second kappa shape index (κ2) is 7.63. The molecule has 0 spiro atoms. The fourth-order valence-corrected chi connectivity index (χ4v) is 2.57. The Morgan fingerprint density at radius 3 is 1.83 bits per heavy atom. The molecule has 0 bridgehead atoms. The summed E-state index contributed by atoms with van der Waals surface area (Å²) in [4.78, 5) is 0. The summed E-state index contributed by atoms with van der Waals surface area (Å²) in [7, 11) is 0. The highest BCUT2D eigenvalue weighted by Gasteiger charge is 2.50. The lowest BCUT2D eigenvalue weighted by atomic mass is 9.97. The van der Waals surface area contributed by atoms with Gasteiger partial charge >= 0.3 is 0 Å². The van der Waals surface area contributed by atoms with Crippen molar-refractivity contribution in [3.05, 3.63) is 0 Å². The molecule has 0 amide bonds. The Kier molecular flexibility index (Phi) is 6.27. The lowest BCUT2D eigenvalue weighted by molar-refractivity contribution is -0.355. The fourth-order valence-electron chi connectivity index (χ4n) is 2.57. The van der Waals surface area contributed by atoms with E-state index in [2.05, 4.69) is 0 Å². The Bertz CT molecular complexity index is 378. The van der Waals surface area contributed by atoms with Gasteiger partial charge in [0, 0.05) is 0 Å². The first-order valence-electron chi connectivity index (χ1n) is 7.08. The van der Waals surface area contributed by atoms with E-state index in [1.807, 2.05) is 0 Å². The van der Waals surface area contributed by atoms with Crippen LogP contribution in [0, 0.1) is 0 Å². The van der Waals surface area contributed by atoms with Gasteiger partial charge in [0.2, 0.25) is 0 Å². The smallest absolute Gasteiger partial charge is 0.187 e. The minimum absolute atomic E-state index is 0.667. The normalized spacial score (nSPS) is 51.7. The van der Waals surface area contributed by atoms with Crippen LogP contribution in [0.3, 0.4) is 0 Å². The molecule has 0 radical (unpaired) electrons. The number of rotatable bonds is 4. The van der Waals surface area contributed by atoms with E-state index in [1.165, 1.54) is 0 Å². The average Bonchev–Trinajstić information content (AvgIpc) is 2.55. The first kappa shape index (κ1) is 18.9. The van der Waals surface area contributed by atoms with Crippen molar-refractivity contribution < 1.29 is 55.1 Å². The van der Waals surface area contributed by atoms with Crippen LogP contribution in [-0.4, -0.2) is 115 Å². The molecule has 8 N–H and O–H groups in total. The van der Waals surface area contributed by atoms with Gasteiger partial charge < -0.3 is 55.1 Å². The molecule has 136 valence electrons. The Labute approximate surface area is 130 Å². The molecular weight excluding hydrogens is 320 g/mol. The van der Waals surface area contributed by atoms with E-state index in [0.29, 0.717) is 0 Å². The number of aliphatic hydroxyl groups excluding tert-OH is 8. The van der Waals surface area contributed by atoms with Crippen LogP contribution in [-0.2, 0) is 14.2 Å². The standard InChI is InChI=1S/C12H22O11/c13-1-3-5(15)6(16)9(19)12(22-3)23-10-4(2-14)21-11(20)8(18)7(10)17/h3-20H,1-2H2/t3?,4?,5-,6?,7?,8+,9+,10-,11-,12-/m1/s1. The highest BCUT2D eigenvalue weighted by atomic mass is 16.7. The van der Waals surface area contributed by atoms with Gasteiger partial charge in [0.05, 0.1) is 13.2 Å². The quantitative estimate of drug-likeness (QED) is 0.243. The minimum atomic E-state index is -1.74. The molecule has 2 aliphatic rings. The van der Waals surface area contributed by atoms with E-state index in [0.717, 1.165) is 0 Å².